The van der Waals surface area contributed by atoms with E-state index in [0.717, 1.165) is 22.2 Å². The Bertz CT molecular complexity index is 1570. The van der Waals surface area contributed by atoms with E-state index in [1.807, 2.05) is 49.4 Å². The molecule has 4 aromatic carbocycles. The highest BCUT2D eigenvalue weighted by Gasteiger charge is 2.15. The number of anilines is 2. The van der Waals surface area contributed by atoms with Crippen molar-refractivity contribution in [1.82, 2.24) is 9.97 Å². The molecule has 0 unspecified atom stereocenters. The maximum atomic E-state index is 12.7. The number of benzene rings is 4. The second-order valence-corrected chi connectivity index (χ2v) is 9.08. The minimum absolute atomic E-state index is 0.167. The zero-order chi connectivity index (χ0) is 25.2. The Hall–Kier alpha value is -4.13. The highest BCUT2D eigenvalue weighted by Crippen LogP contribution is 2.27. The van der Waals surface area contributed by atoms with E-state index in [2.05, 4.69) is 20.6 Å². The topological polar surface area (TPSA) is 86.9 Å². The standard InChI is InChI=1S/C28H20Cl2N4O2/c1-16-5-7-18(8-6-16)27(35)31-19-11-9-17(10-12-19)26-33-23-14-13-20(15-24(23)34-26)32-28(36)25-21(29)3-2-4-22(25)30/h2-15H,1H3,(H,31,35)(H,32,36)(H,33,34). The molecule has 36 heavy (non-hydrogen) atoms. The first kappa shape index (κ1) is 23.6. The first-order valence-electron chi connectivity index (χ1n) is 11.1. The molecule has 0 fully saturated rings. The van der Waals surface area contributed by atoms with Gasteiger partial charge in [-0.1, -0.05) is 47.0 Å². The van der Waals surface area contributed by atoms with Crippen LogP contribution in [0.4, 0.5) is 11.4 Å². The lowest BCUT2D eigenvalue weighted by atomic mass is 10.1. The molecule has 8 heteroatoms. The average molecular weight is 515 g/mol. The fourth-order valence-corrected chi connectivity index (χ4v) is 4.32. The molecule has 3 N–H and O–H groups in total. The third-order valence-corrected chi connectivity index (χ3v) is 6.29. The summed E-state index contributed by atoms with van der Waals surface area (Å²) in [6, 6.07) is 25.1. The molecule has 0 radical (unpaired) electrons. The van der Waals surface area contributed by atoms with Gasteiger partial charge in [-0.3, -0.25) is 9.59 Å². The number of halogens is 2. The predicted molar refractivity (Wildman–Crippen MR) is 145 cm³/mol. The van der Waals surface area contributed by atoms with Crippen LogP contribution in [0.1, 0.15) is 26.3 Å². The predicted octanol–water partition coefficient (Wildman–Crippen LogP) is 7.35. The number of aromatic amines is 1. The SMILES string of the molecule is Cc1ccc(C(=O)Nc2ccc(-c3nc4ccc(NC(=O)c5c(Cl)cccc5Cl)cc4[nH]3)cc2)cc1. The molecule has 1 aromatic heterocycles. The van der Waals surface area contributed by atoms with Gasteiger partial charge in [0.25, 0.3) is 11.8 Å². The van der Waals surface area contributed by atoms with Crippen molar-refractivity contribution in [3.8, 4) is 11.4 Å². The van der Waals surface area contributed by atoms with Crippen molar-refractivity contribution in [2.24, 2.45) is 0 Å². The quantitative estimate of drug-likeness (QED) is 0.229. The number of rotatable bonds is 5. The summed E-state index contributed by atoms with van der Waals surface area (Å²) in [6.07, 6.45) is 0. The van der Waals surface area contributed by atoms with Crippen molar-refractivity contribution >= 4 is 57.4 Å². The number of H-pyrrole nitrogens is 1. The highest BCUT2D eigenvalue weighted by atomic mass is 35.5. The Balaban J connectivity index is 1.31. The van der Waals surface area contributed by atoms with Crippen molar-refractivity contribution in [3.05, 3.63) is 112 Å². The van der Waals surface area contributed by atoms with Crippen LogP contribution >= 0.6 is 23.2 Å². The summed E-state index contributed by atoms with van der Waals surface area (Å²) in [5.74, 6) is 0.103. The van der Waals surface area contributed by atoms with Crippen LogP contribution in [-0.2, 0) is 0 Å². The van der Waals surface area contributed by atoms with Crippen LogP contribution in [0.5, 0.6) is 0 Å². The van der Waals surface area contributed by atoms with Gasteiger partial charge in [0.1, 0.15) is 5.82 Å². The van der Waals surface area contributed by atoms with E-state index in [0.29, 0.717) is 22.8 Å². The number of carbonyl (C=O) groups is 2. The number of carbonyl (C=O) groups excluding carboxylic acids is 2. The summed E-state index contributed by atoms with van der Waals surface area (Å²) < 4.78 is 0. The van der Waals surface area contributed by atoms with Gasteiger partial charge in [-0.05, 0) is 73.7 Å². The van der Waals surface area contributed by atoms with Crippen LogP contribution in [0.2, 0.25) is 10.0 Å². The summed E-state index contributed by atoms with van der Waals surface area (Å²) in [7, 11) is 0. The maximum Gasteiger partial charge on any atom is 0.258 e. The fraction of sp³-hybridized carbons (Fsp3) is 0.0357. The second kappa shape index (κ2) is 9.85. The average Bonchev–Trinajstić information content (AvgIpc) is 3.28. The number of hydrogen-bond acceptors (Lipinski definition) is 3. The molecule has 5 rings (SSSR count). The summed E-state index contributed by atoms with van der Waals surface area (Å²) in [4.78, 5) is 33.1. The number of imidazole rings is 1. The molecule has 0 aliphatic carbocycles. The molecular weight excluding hydrogens is 495 g/mol. The number of aromatic nitrogens is 2. The van der Waals surface area contributed by atoms with E-state index >= 15 is 0 Å². The van der Waals surface area contributed by atoms with Gasteiger partial charge in [0.05, 0.1) is 26.6 Å². The van der Waals surface area contributed by atoms with E-state index in [-0.39, 0.29) is 21.5 Å². The Kier molecular flexibility index (Phi) is 6.46. The van der Waals surface area contributed by atoms with Gasteiger partial charge in [-0.25, -0.2) is 4.98 Å². The second-order valence-electron chi connectivity index (χ2n) is 8.27. The first-order valence-corrected chi connectivity index (χ1v) is 11.9. The lowest BCUT2D eigenvalue weighted by Gasteiger charge is -2.08. The molecule has 0 atom stereocenters. The highest BCUT2D eigenvalue weighted by molar-refractivity contribution is 6.40. The Morgan fingerprint density at radius 3 is 2.11 bits per heavy atom. The molecule has 0 spiro atoms. The third kappa shape index (κ3) is 4.96. The molecular formula is C28H20Cl2N4O2. The van der Waals surface area contributed by atoms with Crippen LogP contribution in [0.25, 0.3) is 22.4 Å². The summed E-state index contributed by atoms with van der Waals surface area (Å²) in [6.45, 7) is 1.98. The van der Waals surface area contributed by atoms with E-state index in [1.165, 1.54) is 0 Å². The molecule has 6 nitrogen and oxygen atoms in total. The van der Waals surface area contributed by atoms with Crippen LogP contribution in [-0.4, -0.2) is 21.8 Å². The van der Waals surface area contributed by atoms with Crippen molar-refractivity contribution in [2.75, 3.05) is 10.6 Å². The summed E-state index contributed by atoms with van der Waals surface area (Å²) in [5.41, 5.74) is 5.54. The lowest BCUT2D eigenvalue weighted by Crippen LogP contribution is -2.13. The lowest BCUT2D eigenvalue weighted by molar-refractivity contribution is 0.101. The van der Waals surface area contributed by atoms with Crippen LogP contribution in [0, 0.1) is 6.92 Å². The maximum absolute atomic E-state index is 12.7. The number of amides is 2. The third-order valence-electron chi connectivity index (χ3n) is 5.66. The van der Waals surface area contributed by atoms with Crippen LogP contribution in [0.15, 0.2) is 84.9 Å². The van der Waals surface area contributed by atoms with Gasteiger partial charge in [0.15, 0.2) is 0 Å². The van der Waals surface area contributed by atoms with E-state index in [9.17, 15) is 9.59 Å². The molecule has 178 valence electrons. The monoisotopic (exact) mass is 514 g/mol. The van der Waals surface area contributed by atoms with Gasteiger partial charge in [-0.15, -0.1) is 0 Å². The smallest absolute Gasteiger partial charge is 0.258 e. The number of nitrogens with one attached hydrogen (secondary N) is 3. The molecule has 0 saturated heterocycles. The van der Waals surface area contributed by atoms with Crippen molar-refractivity contribution in [2.45, 2.75) is 6.92 Å². The number of fused-ring (bicyclic) bond motifs is 1. The molecule has 5 aromatic rings. The van der Waals surface area contributed by atoms with Gasteiger partial charge < -0.3 is 15.6 Å². The molecule has 1 heterocycles. The Morgan fingerprint density at radius 2 is 1.42 bits per heavy atom. The Labute approximate surface area is 217 Å². The summed E-state index contributed by atoms with van der Waals surface area (Å²) in [5, 5.41) is 6.29. The zero-order valence-electron chi connectivity index (χ0n) is 19.1. The van der Waals surface area contributed by atoms with Crippen molar-refractivity contribution < 1.29 is 9.59 Å². The number of nitrogens with zero attached hydrogens (tertiary/aromatic N) is 1. The minimum atomic E-state index is -0.395. The first-order chi connectivity index (χ1) is 17.4. The van der Waals surface area contributed by atoms with Crippen molar-refractivity contribution in [3.63, 3.8) is 0 Å². The van der Waals surface area contributed by atoms with Crippen LogP contribution in [0.3, 0.4) is 0 Å². The van der Waals surface area contributed by atoms with Gasteiger partial charge in [0, 0.05) is 22.5 Å². The fourth-order valence-electron chi connectivity index (χ4n) is 3.75. The van der Waals surface area contributed by atoms with E-state index in [4.69, 9.17) is 23.2 Å². The molecule has 0 bridgehead atoms. The molecule has 0 aliphatic rings. The zero-order valence-corrected chi connectivity index (χ0v) is 20.6. The van der Waals surface area contributed by atoms with Gasteiger partial charge in [-0.2, -0.15) is 0 Å². The van der Waals surface area contributed by atoms with Gasteiger partial charge >= 0.3 is 0 Å². The Morgan fingerprint density at radius 1 is 0.778 bits per heavy atom. The molecule has 0 aliphatic heterocycles. The number of hydrogen-bond donors (Lipinski definition) is 3. The molecule has 0 saturated carbocycles. The summed E-state index contributed by atoms with van der Waals surface area (Å²) >= 11 is 12.3. The largest absolute Gasteiger partial charge is 0.338 e. The number of aryl methyl sites for hydroxylation is 1. The van der Waals surface area contributed by atoms with E-state index in [1.54, 1.807) is 42.5 Å². The van der Waals surface area contributed by atoms with Gasteiger partial charge in [0.2, 0.25) is 0 Å². The molecule has 2 amide bonds. The van der Waals surface area contributed by atoms with Crippen molar-refractivity contribution in [1.29, 1.82) is 0 Å². The minimum Gasteiger partial charge on any atom is -0.338 e. The van der Waals surface area contributed by atoms with Crippen LogP contribution < -0.4 is 10.6 Å². The van der Waals surface area contributed by atoms with E-state index < -0.39 is 5.91 Å². The normalized spacial score (nSPS) is 10.9.